The Morgan fingerprint density at radius 1 is 1.17 bits per heavy atom. The number of halogens is 1. The second-order valence-corrected chi connectivity index (χ2v) is 6.91. The quantitative estimate of drug-likeness (QED) is 0.923. The first-order valence-electron chi connectivity index (χ1n) is 7.52. The maximum absolute atomic E-state index is 12.4. The van der Waals surface area contributed by atoms with Crippen LogP contribution in [0, 0.1) is 0 Å². The van der Waals surface area contributed by atoms with E-state index in [4.69, 9.17) is 11.6 Å². The summed E-state index contributed by atoms with van der Waals surface area (Å²) in [6, 6.07) is 10.8. The molecule has 2 heterocycles. The van der Waals surface area contributed by atoms with E-state index in [1.807, 2.05) is 22.4 Å². The summed E-state index contributed by atoms with van der Waals surface area (Å²) in [6.45, 7) is 1.28. The molecule has 0 saturated carbocycles. The van der Waals surface area contributed by atoms with Gasteiger partial charge in [0.1, 0.15) is 0 Å². The maximum atomic E-state index is 12.4. The zero-order valence-corrected chi connectivity index (χ0v) is 14.1. The molecule has 3 rings (SSSR count). The van der Waals surface area contributed by atoms with Crippen molar-refractivity contribution < 1.29 is 9.59 Å². The molecule has 1 saturated heterocycles. The number of carbonyl (C=O) groups excluding carboxylic acids is 2. The van der Waals surface area contributed by atoms with E-state index in [0.717, 1.165) is 17.7 Å². The number of hydrogen-bond donors (Lipinski definition) is 1. The first-order valence-corrected chi connectivity index (χ1v) is 8.78. The second-order valence-electron chi connectivity index (χ2n) is 5.53. The summed E-state index contributed by atoms with van der Waals surface area (Å²) in [4.78, 5) is 27.0. The maximum Gasteiger partial charge on any atom is 0.261 e. The van der Waals surface area contributed by atoms with E-state index in [2.05, 4.69) is 5.32 Å². The highest BCUT2D eigenvalue weighted by Gasteiger charge is 2.25. The third-order valence-corrected chi connectivity index (χ3v) is 5.04. The molecule has 0 atom stereocenters. The number of carbonyl (C=O) groups is 2. The van der Waals surface area contributed by atoms with E-state index in [1.165, 1.54) is 11.3 Å². The van der Waals surface area contributed by atoms with Crippen molar-refractivity contribution in [2.75, 3.05) is 13.1 Å². The Hall–Kier alpha value is -1.85. The molecule has 0 spiro atoms. The molecular weight excluding hydrogens is 332 g/mol. The minimum atomic E-state index is -0.0281. The van der Waals surface area contributed by atoms with Crippen molar-refractivity contribution in [3.05, 3.63) is 57.2 Å². The van der Waals surface area contributed by atoms with Crippen LogP contribution in [-0.4, -0.2) is 35.8 Å². The summed E-state index contributed by atoms with van der Waals surface area (Å²) in [5.41, 5.74) is 0.610. The molecule has 120 valence electrons. The van der Waals surface area contributed by atoms with Gasteiger partial charge in [-0.1, -0.05) is 23.7 Å². The molecule has 1 aliphatic heterocycles. The Labute approximate surface area is 144 Å². The van der Waals surface area contributed by atoms with Gasteiger partial charge in [0.25, 0.3) is 11.8 Å². The monoisotopic (exact) mass is 348 g/mol. The number of nitrogens with one attached hydrogen (secondary N) is 1. The van der Waals surface area contributed by atoms with Gasteiger partial charge in [0.15, 0.2) is 0 Å². The van der Waals surface area contributed by atoms with Crippen molar-refractivity contribution >= 4 is 34.8 Å². The minimum absolute atomic E-state index is 0.00414. The average molecular weight is 349 g/mol. The number of nitrogens with zero attached hydrogens (tertiary/aromatic N) is 1. The van der Waals surface area contributed by atoms with Gasteiger partial charge in [-0.2, -0.15) is 0 Å². The molecule has 23 heavy (non-hydrogen) atoms. The minimum Gasteiger partial charge on any atom is -0.348 e. The van der Waals surface area contributed by atoms with Crippen LogP contribution in [0.1, 0.15) is 32.9 Å². The predicted molar refractivity (Wildman–Crippen MR) is 92.2 cm³/mol. The number of thiophene rings is 1. The van der Waals surface area contributed by atoms with Gasteiger partial charge in [0.2, 0.25) is 0 Å². The predicted octanol–water partition coefficient (Wildman–Crippen LogP) is 3.44. The third kappa shape index (κ3) is 3.92. The Balaban J connectivity index is 1.54. The van der Waals surface area contributed by atoms with Crippen LogP contribution in [0.15, 0.2) is 41.8 Å². The van der Waals surface area contributed by atoms with E-state index < -0.39 is 0 Å². The van der Waals surface area contributed by atoms with E-state index in [9.17, 15) is 9.59 Å². The summed E-state index contributed by atoms with van der Waals surface area (Å²) in [7, 11) is 0. The molecule has 1 aromatic carbocycles. The number of hydrogen-bond acceptors (Lipinski definition) is 3. The number of amides is 2. The molecule has 0 radical (unpaired) electrons. The number of likely N-dealkylation sites (tertiary alicyclic amines) is 1. The highest BCUT2D eigenvalue weighted by molar-refractivity contribution is 7.12. The Morgan fingerprint density at radius 3 is 2.61 bits per heavy atom. The van der Waals surface area contributed by atoms with E-state index in [1.54, 1.807) is 24.3 Å². The zero-order chi connectivity index (χ0) is 16.2. The SMILES string of the molecule is O=C(NC1CCN(C(=O)c2cccc(Cl)c2)CC1)c1cccs1. The summed E-state index contributed by atoms with van der Waals surface area (Å²) in [6.07, 6.45) is 1.53. The fourth-order valence-electron chi connectivity index (χ4n) is 2.70. The molecule has 1 N–H and O–H groups in total. The lowest BCUT2D eigenvalue weighted by molar-refractivity contribution is 0.0698. The van der Waals surface area contributed by atoms with Crippen LogP contribution < -0.4 is 5.32 Å². The van der Waals surface area contributed by atoms with Crippen LogP contribution in [0.4, 0.5) is 0 Å². The lowest BCUT2D eigenvalue weighted by Gasteiger charge is -2.32. The van der Waals surface area contributed by atoms with Gasteiger partial charge in [0.05, 0.1) is 4.88 Å². The number of benzene rings is 1. The van der Waals surface area contributed by atoms with Crippen LogP contribution in [0.25, 0.3) is 0 Å². The lowest BCUT2D eigenvalue weighted by Crippen LogP contribution is -2.46. The number of rotatable bonds is 3. The summed E-state index contributed by atoms with van der Waals surface area (Å²) in [5.74, 6) is -0.0323. The van der Waals surface area contributed by atoms with Gasteiger partial charge >= 0.3 is 0 Å². The van der Waals surface area contributed by atoms with Gasteiger partial charge in [-0.3, -0.25) is 9.59 Å². The van der Waals surface area contributed by atoms with E-state index in [-0.39, 0.29) is 17.9 Å². The van der Waals surface area contributed by atoms with Crippen molar-refractivity contribution in [2.45, 2.75) is 18.9 Å². The fraction of sp³-hybridized carbons (Fsp3) is 0.294. The van der Waals surface area contributed by atoms with Gasteiger partial charge in [0, 0.05) is 29.7 Å². The Bertz CT molecular complexity index is 694. The molecule has 1 aliphatic rings. The summed E-state index contributed by atoms with van der Waals surface area (Å²) < 4.78 is 0. The van der Waals surface area contributed by atoms with E-state index in [0.29, 0.717) is 23.7 Å². The molecule has 6 heteroatoms. The van der Waals surface area contributed by atoms with Gasteiger partial charge < -0.3 is 10.2 Å². The summed E-state index contributed by atoms with van der Waals surface area (Å²) >= 11 is 7.37. The van der Waals surface area contributed by atoms with Gasteiger partial charge in [-0.15, -0.1) is 11.3 Å². The molecule has 4 nitrogen and oxygen atoms in total. The Kier molecular flexibility index (Phi) is 4.98. The molecule has 1 aromatic heterocycles. The highest BCUT2D eigenvalue weighted by Crippen LogP contribution is 2.17. The van der Waals surface area contributed by atoms with Crippen molar-refractivity contribution in [2.24, 2.45) is 0 Å². The van der Waals surface area contributed by atoms with E-state index >= 15 is 0 Å². The van der Waals surface area contributed by atoms with Crippen molar-refractivity contribution in [3.63, 3.8) is 0 Å². The smallest absolute Gasteiger partial charge is 0.261 e. The number of piperidine rings is 1. The van der Waals surface area contributed by atoms with Crippen molar-refractivity contribution in [1.29, 1.82) is 0 Å². The van der Waals surface area contributed by atoms with Crippen molar-refractivity contribution in [1.82, 2.24) is 10.2 Å². The first kappa shape index (κ1) is 16.0. The molecular formula is C17H17ClN2O2S. The molecule has 0 bridgehead atoms. The van der Waals surface area contributed by atoms with Crippen LogP contribution in [0.5, 0.6) is 0 Å². The second kappa shape index (κ2) is 7.15. The summed E-state index contributed by atoms with van der Waals surface area (Å²) in [5, 5.41) is 5.50. The Morgan fingerprint density at radius 2 is 1.96 bits per heavy atom. The molecule has 0 unspecified atom stereocenters. The standard InChI is InChI=1S/C17H17ClN2O2S/c18-13-4-1-3-12(11-13)17(22)20-8-6-14(7-9-20)19-16(21)15-5-2-10-23-15/h1-5,10-11,14H,6-9H2,(H,19,21). The van der Waals surface area contributed by atoms with Gasteiger partial charge in [-0.25, -0.2) is 0 Å². The fourth-order valence-corrected chi connectivity index (χ4v) is 3.51. The highest BCUT2D eigenvalue weighted by atomic mass is 35.5. The van der Waals surface area contributed by atoms with Crippen LogP contribution in [-0.2, 0) is 0 Å². The third-order valence-electron chi connectivity index (χ3n) is 3.93. The average Bonchev–Trinajstić information content (AvgIpc) is 3.09. The van der Waals surface area contributed by atoms with Gasteiger partial charge in [-0.05, 0) is 42.5 Å². The topological polar surface area (TPSA) is 49.4 Å². The first-order chi connectivity index (χ1) is 11.1. The molecule has 1 fully saturated rings. The van der Waals surface area contributed by atoms with Crippen LogP contribution >= 0.6 is 22.9 Å². The molecule has 0 aliphatic carbocycles. The zero-order valence-electron chi connectivity index (χ0n) is 12.5. The largest absolute Gasteiger partial charge is 0.348 e. The van der Waals surface area contributed by atoms with Crippen LogP contribution in [0.2, 0.25) is 5.02 Å². The van der Waals surface area contributed by atoms with Crippen LogP contribution in [0.3, 0.4) is 0 Å². The lowest BCUT2D eigenvalue weighted by atomic mass is 10.0. The molecule has 2 aromatic rings. The van der Waals surface area contributed by atoms with Crippen molar-refractivity contribution in [3.8, 4) is 0 Å². The molecule has 2 amide bonds. The normalized spacial score (nSPS) is 15.4.